The van der Waals surface area contributed by atoms with Gasteiger partial charge in [0.05, 0.1) is 5.69 Å². The normalized spacial score (nSPS) is 14.0. The summed E-state index contributed by atoms with van der Waals surface area (Å²) in [6.07, 6.45) is 0.130. The van der Waals surface area contributed by atoms with Crippen LogP contribution in [0.2, 0.25) is 0 Å². The Morgan fingerprint density at radius 2 is 1.95 bits per heavy atom. The SMILES string of the molecule is CC(C)CC(N)(O)C(=O)ONc1ccc2ccccc2c1. The van der Waals surface area contributed by atoms with E-state index in [9.17, 15) is 9.90 Å². The summed E-state index contributed by atoms with van der Waals surface area (Å²) in [5, 5.41) is 12.0. The van der Waals surface area contributed by atoms with E-state index in [2.05, 4.69) is 5.48 Å². The number of carbonyl (C=O) groups is 1. The number of fused-ring (bicyclic) bond motifs is 1. The molecule has 0 fully saturated rings. The Morgan fingerprint density at radius 1 is 1.29 bits per heavy atom. The number of nitrogens with one attached hydrogen (secondary N) is 1. The van der Waals surface area contributed by atoms with Gasteiger partial charge in [-0.15, -0.1) is 0 Å². The quantitative estimate of drug-likeness (QED) is 0.581. The predicted octanol–water partition coefficient (Wildman–Crippen LogP) is 2.40. The van der Waals surface area contributed by atoms with Crippen LogP contribution in [0.3, 0.4) is 0 Å². The van der Waals surface area contributed by atoms with Crippen LogP contribution in [-0.4, -0.2) is 16.8 Å². The zero-order valence-electron chi connectivity index (χ0n) is 12.2. The highest BCUT2D eigenvalue weighted by Crippen LogP contribution is 2.19. The molecule has 2 aromatic rings. The summed E-state index contributed by atoms with van der Waals surface area (Å²) < 4.78 is 0. The van der Waals surface area contributed by atoms with Gasteiger partial charge in [0, 0.05) is 6.42 Å². The van der Waals surface area contributed by atoms with E-state index in [1.54, 1.807) is 6.07 Å². The van der Waals surface area contributed by atoms with Gasteiger partial charge in [0.1, 0.15) is 0 Å². The van der Waals surface area contributed by atoms with Gasteiger partial charge in [-0.2, -0.15) is 0 Å². The molecule has 0 saturated heterocycles. The van der Waals surface area contributed by atoms with Gasteiger partial charge < -0.3 is 9.94 Å². The third kappa shape index (κ3) is 3.93. The van der Waals surface area contributed by atoms with Crippen molar-refractivity contribution in [1.29, 1.82) is 0 Å². The average Bonchev–Trinajstić information content (AvgIpc) is 2.43. The van der Waals surface area contributed by atoms with E-state index in [0.29, 0.717) is 5.69 Å². The number of anilines is 1. The van der Waals surface area contributed by atoms with Crippen molar-refractivity contribution in [2.45, 2.75) is 26.0 Å². The molecule has 5 heteroatoms. The molecule has 0 amide bonds. The number of hydrogen-bond donors (Lipinski definition) is 3. The summed E-state index contributed by atoms with van der Waals surface area (Å²) in [7, 11) is 0. The molecule has 4 N–H and O–H groups in total. The highest BCUT2D eigenvalue weighted by molar-refractivity contribution is 5.86. The Bertz CT molecular complexity index is 638. The van der Waals surface area contributed by atoms with Crippen molar-refractivity contribution < 1.29 is 14.7 Å². The van der Waals surface area contributed by atoms with Crippen molar-refractivity contribution in [1.82, 2.24) is 0 Å². The number of rotatable bonds is 5. The van der Waals surface area contributed by atoms with Crippen LogP contribution in [0.4, 0.5) is 5.69 Å². The average molecular weight is 288 g/mol. The molecule has 2 rings (SSSR count). The van der Waals surface area contributed by atoms with Crippen molar-refractivity contribution in [2.75, 3.05) is 5.48 Å². The Kier molecular flexibility index (Phi) is 4.45. The van der Waals surface area contributed by atoms with Gasteiger partial charge in [-0.25, -0.2) is 10.3 Å². The molecule has 0 spiro atoms. The van der Waals surface area contributed by atoms with Gasteiger partial charge in [0.25, 0.3) is 0 Å². The molecule has 0 radical (unpaired) electrons. The fourth-order valence-electron chi connectivity index (χ4n) is 2.15. The first-order chi connectivity index (χ1) is 9.88. The predicted molar refractivity (Wildman–Crippen MR) is 82.3 cm³/mol. The Hall–Kier alpha value is -2.11. The Labute approximate surface area is 123 Å². The molecular weight excluding hydrogens is 268 g/mol. The summed E-state index contributed by atoms with van der Waals surface area (Å²) in [4.78, 5) is 16.7. The first kappa shape index (κ1) is 15.3. The summed E-state index contributed by atoms with van der Waals surface area (Å²) >= 11 is 0. The minimum atomic E-state index is -1.99. The van der Waals surface area contributed by atoms with Crippen molar-refractivity contribution in [3.05, 3.63) is 42.5 Å². The highest BCUT2D eigenvalue weighted by Gasteiger charge is 2.34. The molecule has 5 nitrogen and oxygen atoms in total. The monoisotopic (exact) mass is 288 g/mol. The maximum absolute atomic E-state index is 11.8. The zero-order chi connectivity index (χ0) is 15.5. The maximum atomic E-state index is 11.8. The molecule has 1 atom stereocenters. The third-order valence-electron chi connectivity index (χ3n) is 3.08. The molecule has 0 bridgehead atoms. The van der Waals surface area contributed by atoms with Gasteiger partial charge in [-0.05, 0) is 28.8 Å². The molecular formula is C16H20N2O3. The Balaban J connectivity index is 2.02. The highest BCUT2D eigenvalue weighted by atomic mass is 16.7. The second kappa shape index (κ2) is 6.11. The van der Waals surface area contributed by atoms with Gasteiger partial charge >= 0.3 is 5.97 Å². The molecule has 1 unspecified atom stereocenters. The van der Waals surface area contributed by atoms with Crippen LogP contribution in [0.1, 0.15) is 20.3 Å². The second-order valence-electron chi connectivity index (χ2n) is 5.58. The third-order valence-corrected chi connectivity index (χ3v) is 3.08. The largest absolute Gasteiger partial charge is 0.378 e. The van der Waals surface area contributed by atoms with Crippen molar-refractivity contribution >= 4 is 22.4 Å². The van der Waals surface area contributed by atoms with Crippen LogP contribution in [0, 0.1) is 5.92 Å². The lowest BCUT2D eigenvalue weighted by Gasteiger charge is -2.22. The fraction of sp³-hybridized carbons (Fsp3) is 0.312. The lowest BCUT2D eigenvalue weighted by molar-refractivity contribution is -0.163. The minimum absolute atomic E-state index is 0.0771. The first-order valence-corrected chi connectivity index (χ1v) is 6.86. The topological polar surface area (TPSA) is 84.6 Å². The second-order valence-corrected chi connectivity index (χ2v) is 5.58. The Morgan fingerprint density at radius 3 is 2.62 bits per heavy atom. The molecule has 112 valence electrons. The molecule has 0 aromatic heterocycles. The molecule has 0 aliphatic rings. The lowest BCUT2D eigenvalue weighted by Crippen LogP contribution is -2.50. The number of hydrogen-bond acceptors (Lipinski definition) is 5. The van der Waals surface area contributed by atoms with Crippen LogP contribution in [0.15, 0.2) is 42.5 Å². The number of aliphatic hydroxyl groups is 1. The van der Waals surface area contributed by atoms with Gasteiger partial charge in [0.2, 0.25) is 5.72 Å². The maximum Gasteiger partial charge on any atom is 0.378 e. The van der Waals surface area contributed by atoms with E-state index in [-0.39, 0.29) is 12.3 Å². The van der Waals surface area contributed by atoms with Gasteiger partial charge in [-0.1, -0.05) is 44.2 Å². The zero-order valence-corrected chi connectivity index (χ0v) is 12.2. The lowest BCUT2D eigenvalue weighted by atomic mass is 10.0. The van der Waals surface area contributed by atoms with E-state index in [1.165, 1.54) is 0 Å². The van der Waals surface area contributed by atoms with Crippen LogP contribution in [-0.2, 0) is 9.63 Å². The summed E-state index contributed by atoms with van der Waals surface area (Å²) in [6.45, 7) is 3.73. The van der Waals surface area contributed by atoms with E-state index >= 15 is 0 Å². The molecule has 21 heavy (non-hydrogen) atoms. The summed E-state index contributed by atoms with van der Waals surface area (Å²) in [5.41, 5.74) is 6.71. The molecule has 2 aromatic carbocycles. The standard InChI is InChI=1S/C16H20N2O3/c1-11(2)10-16(17,20)15(19)21-18-14-8-7-12-5-3-4-6-13(12)9-14/h3-9,11,18,20H,10,17H2,1-2H3. The molecule has 0 saturated carbocycles. The molecule has 0 aliphatic carbocycles. The van der Waals surface area contributed by atoms with Crippen molar-refractivity contribution in [2.24, 2.45) is 11.7 Å². The summed E-state index contributed by atoms with van der Waals surface area (Å²) in [5.74, 6) is -0.822. The number of nitrogens with two attached hydrogens (primary N) is 1. The van der Waals surface area contributed by atoms with Crippen LogP contribution < -0.4 is 11.2 Å². The van der Waals surface area contributed by atoms with E-state index in [4.69, 9.17) is 10.6 Å². The van der Waals surface area contributed by atoms with Crippen molar-refractivity contribution in [3.8, 4) is 0 Å². The van der Waals surface area contributed by atoms with Gasteiger partial charge in [-0.3, -0.25) is 5.73 Å². The smallest absolute Gasteiger partial charge is 0.366 e. The van der Waals surface area contributed by atoms with Crippen LogP contribution in [0.25, 0.3) is 10.8 Å². The fourth-order valence-corrected chi connectivity index (χ4v) is 2.15. The molecule has 0 heterocycles. The van der Waals surface area contributed by atoms with E-state index < -0.39 is 11.7 Å². The first-order valence-electron chi connectivity index (χ1n) is 6.86. The van der Waals surface area contributed by atoms with E-state index in [1.807, 2.05) is 50.2 Å². The molecule has 0 aliphatic heterocycles. The van der Waals surface area contributed by atoms with Crippen LogP contribution in [0.5, 0.6) is 0 Å². The minimum Gasteiger partial charge on any atom is -0.366 e. The van der Waals surface area contributed by atoms with Crippen molar-refractivity contribution in [3.63, 3.8) is 0 Å². The van der Waals surface area contributed by atoms with Crippen LogP contribution >= 0.6 is 0 Å². The van der Waals surface area contributed by atoms with Gasteiger partial charge in [0.15, 0.2) is 0 Å². The van der Waals surface area contributed by atoms with E-state index in [0.717, 1.165) is 10.8 Å². The number of benzene rings is 2. The number of carbonyl (C=O) groups excluding carboxylic acids is 1. The summed E-state index contributed by atoms with van der Waals surface area (Å²) in [6, 6.07) is 13.4.